The van der Waals surface area contributed by atoms with Crippen molar-refractivity contribution in [1.29, 1.82) is 5.26 Å². The number of aryl methyl sites for hydroxylation is 1. The molecule has 30 heavy (non-hydrogen) atoms. The highest BCUT2D eigenvalue weighted by Crippen LogP contribution is 2.32. The average molecular weight is 436 g/mol. The first kappa shape index (κ1) is 19.8. The van der Waals surface area contributed by atoms with Gasteiger partial charge in [-0.15, -0.1) is 0 Å². The maximum atomic E-state index is 11.5. The molecule has 3 N–H and O–H groups in total. The van der Waals surface area contributed by atoms with Gasteiger partial charge in [0.05, 0.1) is 22.2 Å². The summed E-state index contributed by atoms with van der Waals surface area (Å²) in [5.74, 6) is 0. The van der Waals surface area contributed by atoms with Gasteiger partial charge in [0, 0.05) is 23.2 Å². The van der Waals surface area contributed by atoms with Crippen molar-refractivity contribution in [2.75, 3.05) is 4.72 Å². The van der Waals surface area contributed by atoms with Crippen LogP contribution < -0.4 is 15.8 Å². The second kappa shape index (κ2) is 8.06. The zero-order valence-electron chi connectivity index (χ0n) is 15.6. The third kappa shape index (κ3) is 3.94. The molecule has 2 heterocycles. The zero-order valence-corrected chi connectivity index (χ0v) is 17.2. The van der Waals surface area contributed by atoms with Crippen LogP contribution in [0, 0.1) is 18.3 Å². The van der Waals surface area contributed by atoms with Crippen molar-refractivity contribution in [3.05, 3.63) is 85.4 Å². The fraction of sp³-hybridized carbons (Fsp3) is 0.0476. The maximum Gasteiger partial charge on any atom is 0.315 e. The molecule has 0 amide bonds. The molecule has 0 fully saturated rings. The number of nitrogens with zero attached hydrogens (tertiary/aromatic N) is 2. The molecule has 0 unspecified atom stereocenters. The number of aromatic nitrogens is 3. The van der Waals surface area contributed by atoms with Crippen LogP contribution in [-0.4, -0.2) is 15.0 Å². The minimum Gasteiger partial charge on any atom is -0.324 e. The molecule has 0 bridgehead atoms. The molecule has 0 saturated carbocycles. The number of rotatable bonds is 4. The maximum absolute atomic E-state index is 11.5. The summed E-state index contributed by atoms with van der Waals surface area (Å²) in [6.45, 7) is 1.86. The summed E-state index contributed by atoms with van der Waals surface area (Å²) in [7, 11) is 0. The number of pyridine rings is 1. The average Bonchev–Trinajstić information content (AvgIpc) is 2.74. The van der Waals surface area contributed by atoms with E-state index >= 15 is 0 Å². The van der Waals surface area contributed by atoms with E-state index in [9.17, 15) is 9.59 Å². The molecule has 0 aliphatic heterocycles. The lowest BCUT2D eigenvalue weighted by Gasteiger charge is -2.11. The summed E-state index contributed by atoms with van der Waals surface area (Å²) in [5, 5.41) is 10.1. The highest BCUT2D eigenvalue weighted by Gasteiger charge is 2.09. The van der Waals surface area contributed by atoms with Crippen molar-refractivity contribution < 1.29 is 0 Å². The number of nitrogens with one attached hydrogen (secondary N) is 3. The molecule has 148 valence electrons. The van der Waals surface area contributed by atoms with Crippen LogP contribution in [0.3, 0.4) is 0 Å². The van der Waals surface area contributed by atoms with Crippen molar-refractivity contribution in [3.8, 4) is 17.2 Å². The summed E-state index contributed by atoms with van der Waals surface area (Å²) >= 11 is 7.73. The molecule has 2 aromatic carbocycles. The number of hydrogen-bond donors (Lipinski definition) is 3. The number of benzene rings is 2. The number of hydrogen-bond acceptors (Lipinski definition) is 6. The first-order chi connectivity index (χ1) is 14.4. The highest BCUT2D eigenvalue weighted by molar-refractivity contribution is 8.00. The second-order valence-electron chi connectivity index (χ2n) is 6.50. The van der Waals surface area contributed by atoms with Gasteiger partial charge in [-0.2, -0.15) is 5.26 Å². The van der Waals surface area contributed by atoms with Crippen LogP contribution in [0.2, 0.25) is 5.02 Å². The van der Waals surface area contributed by atoms with E-state index in [1.807, 2.05) is 31.2 Å². The third-order valence-corrected chi connectivity index (χ3v) is 5.67. The monoisotopic (exact) mass is 435 g/mol. The predicted octanol–water partition coefficient (Wildman–Crippen LogP) is 4.23. The van der Waals surface area contributed by atoms with Crippen molar-refractivity contribution in [2.45, 2.75) is 11.9 Å². The molecule has 4 aromatic rings. The molecular formula is C21H14ClN5O2S. The Morgan fingerprint density at radius 2 is 1.80 bits per heavy atom. The van der Waals surface area contributed by atoms with E-state index in [0.717, 1.165) is 22.4 Å². The lowest BCUT2D eigenvalue weighted by Crippen LogP contribution is -2.29. The normalized spacial score (nSPS) is 10.7. The Balaban J connectivity index is 1.56. The number of aromatic amines is 2. The molecule has 7 nitrogen and oxygen atoms in total. The Hall–Kier alpha value is -3.54. The first-order valence-electron chi connectivity index (χ1n) is 8.81. The minimum atomic E-state index is -0.743. The van der Waals surface area contributed by atoms with Gasteiger partial charge < -0.3 is 14.7 Å². The first-order valence-corrected chi connectivity index (χ1v) is 10.0. The fourth-order valence-corrected chi connectivity index (χ4v) is 3.87. The number of anilines is 1. The molecule has 0 atom stereocenters. The molecule has 0 radical (unpaired) electrons. The Morgan fingerprint density at radius 3 is 2.50 bits per heavy atom. The standard InChI is InChI=1S/C21H14ClN5O2S/c1-11-8-17-18(25-20(29)19(28)24-17)26-21(11)30-27-14-6-7-15(16(22)9-14)13-4-2-12(10-23)3-5-13/h2-9,27H,1H3,(H,24,28)(H,25,26,29). The van der Waals surface area contributed by atoms with E-state index in [-0.39, 0.29) is 0 Å². The van der Waals surface area contributed by atoms with Crippen molar-refractivity contribution >= 4 is 40.4 Å². The zero-order chi connectivity index (χ0) is 21.3. The van der Waals surface area contributed by atoms with Crippen LogP contribution in [0.5, 0.6) is 0 Å². The SMILES string of the molecule is Cc1cc2[nH]c(=O)c(=O)[nH]c2nc1SNc1ccc(-c2ccc(C#N)cc2)c(Cl)c1. The lowest BCUT2D eigenvalue weighted by molar-refractivity contribution is 1.05. The Bertz CT molecular complexity index is 1420. The fourth-order valence-electron chi connectivity index (χ4n) is 2.88. The molecule has 2 aromatic heterocycles. The minimum absolute atomic E-state index is 0.309. The molecule has 0 aliphatic rings. The van der Waals surface area contributed by atoms with Gasteiger partial charge in [0.25, 0.3) is 0 Å². The number of nitriles is 1. The number of H-pyrrole nitrogens is 2. The number of halogens is 1. The third-order valence-electron chi connectivity index (χ3n) is 4.41. The smallest absolute Gasteiger partial charge is 0.315 e. The van der Waals surface area contributed by atoms with Crippen LogP contribution in [0.15, 0.2) is 63.1 Å². The summed E-state index contributed by atoms with van der Waals surface area (Å²) < 4.78 is 3.19. The highest BCUT2D eigenvalue weighted by atomic mass is 35.5. The van der Waals surface area contributed by atoms with Gasteiger partial charge >= 0.3 is 11.1 Å². The van der Waals surface area contributed by atoms with E-state index in [0.29, 0.717) is 26.8 Å². The van der Waals surface area contributed by atoms with Crippen LogP contribution in [-0.2, 0) is 0 Å². The van der Waals surface area contributed by atoms with Crippen LogP contribution in [0.25, 0.3) is 22.3 Å². The van der Waals surface area contributed by atoms with Gasteiger partial charge in [-0.1, -0.05) is 29.8 Å². The molecule has 0 spiro atoms. The van der Waals surface area contributed by atoms with E-state index in [2.05, 4.69) is 25.7 Å². The lowest BCUT2D eigenvalue weighted by atomic mass is 10.0. The summed E-state index contributed by atoms with van der Waals surface area (Å²) in [6, 6.07) is 16.7. The Labute approximate surface area is 179 Å². The van der Waals surface area contributed by atoms with Gasteiger partial charge in [0.15, 0.2) is 5.65 Å². The largest absolute Gasteiger partial charge is 0.324 e. The van der Waals surface area contributed by atoms with E-state index in [4.69, 9.17) is 16.9 Å². The van der Waals surface area contributed by atoms with Gasteiger partial charge in [-0.25, -0.2) is 4.98 Å². The summed E-state index contributed by atoms with van der Waals surface area (Å²) in [4.78, 5) is 32.4. The molecule has 9 heteroatoms. The molecular weight excluding hydrogens is 422 g/mol. The Kier molecular flexibility index (Phi) is 5.31. The Morgan fingerprint density at radius 1 is 1.07 bits per heavy atom. The molecule has 4 rings (SSSR count). The topological polar surface area (TPSA) is 114 Å². The summed E-state index contributed by atoms with van der Waals surface area (Å²) in [5.41, 5.74) is 3.31. The van der Waals surface area contributed by atoms with E-state index in [1.165, 1.54) is 11.9 Å². The quantitative estimate of drug-likeness (QED) is 0.326. The molecule has 0 aliphatic carbocycles. The second-order valence-corrected chi connectivity index (χ2v) is 7.70. The van der Waals surface area contributed by atoms with E-state index < -0.39 is 11.1 Å². The van der Waals surface area contributed by atoms with Gasteiger partial charge in [0.1, 0.15) is 5.03 Å². The summed E-state index contributed by atoms with van der Waals surface area (Å²) in [6.07, 6.45) is 0. The van der Waals surface area contributed by atoms with Crippen molar-refractivity contribution in [1.82, 2.24) is 15.0 Å². The molecule has 0 saturated heterocycles. The van der Waals surface area contributed by atoms with Gasteiger partial charge in [-0.05, 0) is 48.4 Å². The van der Waals surface area contributed by atoms with Gasteiger partial charge in [-0.3, -0.25) is 9.59 Å². The van der Waals surface area contributed by atoms with Crippen molar-refractivity contribution in [3.63, 3.8) is 0 Å². The van der Waals surface area contributed by atoms with Crippen LogP contribution in [0.1, 0.15) is 11.1 Å². The van der Waals surface area contributed by atoms with Crippen LogP contribution in [0.4, 0.5) is 5.69 Å². The number of fused-ring (bicyclic) bond motifs is 1. The van der Waals surface area contributed by atoms with Gasteiger partial charge in [0.2, 0.25) is 0 Å². The predicted molar refractivity (Wildman–Crippen MR) is 119 cm³/mol. The van der Waals surface area contributed by atoms with Crippen molar-refractivity contribution in [2.24, 2.45) is 0 Å². The van der Waals surface area contributed by atoms with Crippen LogP contribution >= 0.6 is 23.5 Å². The van der Waals surface area contributed by atoms with E-state index in [1.54, 1.807) is 24.3 Å².